The van der Waals surface area contributed by atoms with E-state index >= 15 is 0 Å². The van der Waals surface area contributed by atoms with E-state index in [1.807, 2.05) is 43.3 Å². The molecule has 2 aromatic rings. The van der Waals surface area contributed by atoms with Crippen molar-refractivity contribution in [3.8, 4) is 0 Å². The summed E-state index contributed by atoms with van der Waals surface area (Å²) in [6.07, 6.45) is 4.09. The molecule has 0 atom stereocenters. The van der Waals surface area contributed by atoms with Crippen LogP contribution < -0.4 is 4.90 Å². The van der Waals surface area contributed by atoms with Crippen LogP contribution in [0.4, 0.5) is 10.5 Å². The summed E-state index contributed by atoms with van der Waals surface area (Å²) in [4.78, 5) is 29.4. The van der Waals surface area contributed by atoms with Gasteiger partial charge in [0.2, 0.25) is 0 Å². The predicted molar refractivity (Wildman–Crippen MR) is 125 cm³/mol. The quantitative estimate of drug-likeness (QED) is 0.585. The summed E-state index contributed by atoms with van der Waals surface area (Å²) in [6, 6.07) is 14.1. The molecule has 4 rings (SSSR count). The van der Waals surface area contributed by atoms with Crippen molar-refractivity contribution >= 4 is 40.2 Å². The van der Waals surface area contributed by atoms with E-state index in [2.05, 4.69) is 50.9 Å². The van der Waals surface area contributed by atoms with Gasteiger partial charge in [0.1, 0.15) is 0 Å². The number of benzene rings is 2. The van der Waals surface area contributed by atoms with Crippen molar-refractivity contribution in [2.45, 2.75) is 39.8 Å². The van der Waals surface area contributed by atoms with Crippen molar-refractivity contribution in [3.05, 3.63) is 75.7 Å². The van der Waals surface area contributed by atoms with Gasteiger partial charge < -0.3 is 4.90 Å². The summed E-state index contributed by atoms with van der Waals surface area (Å²) in [7, 11) is 2.10. The van der Waals surface area contributed by atoms with Crippen LogP contribution in [0.5, 0.6) is 0 Å². The Morgan fingerprint density at radius 1 is 1.03 bits per heavy atom. The van der Waals surface area contributed by atoms with Crippen molar-refractivity contribution in [3.63, 3.8) is 0 Å². The van der Waals surface area contributed by atoms with E-state index in [9.17, 15) is 9.59 Å². The smallest absolute Gasteiger partial charge is 0.293 e. The molecule has 5 heteroatoms. The van der Waals surface area contributed by atoms with E-state index in [1.54, 1.807) is 0 Å². The number of aryl methyl sites for hydroxylation is 1. The van der Waals surface area contributed by atoms with E-state index in [1.165, 1.54) is 16.2 Å². The van der Waals surface area contributed by atoms with Crippen LogP contribution in [0, 0.1) is 6.92 Å². The molecular weight excluding hydrogens is 392 g/mol. The Bertz CT molecular complexity index is 1100. The fourth-order valence-corrected chi connectivity index (χ4v) is 4.77. The van der Waals surface area contributed by atoms with E-state index in [0.717, 1.165) is 34.0 Å². The maximum absolute atomic E-state index is 12.9. The summed E-state index contributed by atoms with van der Waals surface area (Å²) < 4.78 is 0. The Morgan fingerprint density at radius 3 is 2.43 bits per heavy atom. The second kappa shape index (κ2) is 7.47. The number of hydrogen-bond acceptors (Lipinski definition) is 4. The van der Waals surface area contributed by atoms with Gasteiger partial charge in [-0.2, -0.15) is 0 Å². The van der Waals surface area contributed by atoms with Gasteiger partial charge in [-0.3, -0.25) is 14.5 Å². The fraction of sp³-hybridized carbons (Fsp3) is 0.280. The highest BCUT2D eigenvalue weighted by atomic mass is 32.2. The lowest BCUT2D eigenvalue weighted by molar-refractivity contribution is -0.123. The predicted octanol–water partition coefficient (Wildman–Crippen LogP) is 5.86. The van der Waals surface area contributed by atoms with Crippen LogP contribution >= 0.6 is 11.8 Å². The topological polar surface area (TPSA) is 40.6 Å². The van der Waals surface area contributed by atoms with Gasteiger partial charge in [0, 0.05) is 18.3 Å². The molecule has 1 saturated heterocycles. The molecule has 2 aliphatic heterocycles. The number of carbonyl (C=O) groups is 2. The minimum absolute atomic E-state index is 0.0444. The SMILES string of the molecule is CC1=CC(C)(C)N(C)c2ccc(/C=C3\SC(=O)N(Cc4ccc(C)cc4)C3=O)cc21. The number of carbonyl (C=O) groups excluding carboxylic acids is 2. The molecule has 0 radical (unpaired) electrons. The van der Waals surface area contributed by atoms with Crippen LogP contribution in [0.15, 0.2) is 53.4 Å². The Kier molecular flexibility index (Phi) is 5.10. The highest BCUT2D eigenvalue weighted by Crippen LogP contribution is 2.39. The lowest BCUT2D eigenvalue weighted by Gasteiger charge is -2.40. The molecule has 4 nitrogen and oxygen atoms in total. The minimum atomic E-state index is -0.228. The molecule has 0 N–H and O–H groups in total. The first kappa shape index (κ1) is 20.5. The van der Waals surface area contributed by atoms with Crippen LogP contribution in [-0.4, -0.2) is 28.6 Å². The van der Waals surface area contributed by atoms with Crippen LogP contribution in [0.2, 0.25) is 0 Å². The first-order valence-electron chi connectivity index (χ1n) is 10.0. The van der Waals surface area contributed by atoms with Gasteiger partial charge in [-0.15, -0.1) is 0 Å². The largest absolute Gasteiger partial charge is 0.366 e. The molecule has 2 amide bonds. The molecule has 0 unspecified atom stereocenters. The maximum atomic E-state index is 12.9. The molecule has 30 heavy (non-hydrogen) atoms. The van der Waals surface area contributed by atoms with Crippen LogP contribution in [-0.2, 0) is 11.3 Å². The monoisotopic (exact) mass is 418 g/mol. The van der Waals surface area contributed by atoms with Crippen molar-refractivity contribution < 1.29 is 9.59 Å². The molecule has 0 aromatic heterocycles. The normalized spacial score (nSPS) is 19.4. The van der Waals surface area contributed by atoms with Gasteiger partial charge in [-0.1, -0.05) is 42.0 Å². The van der Waals surface area contributed by atoms with Crippen molar-refractivity contribution in [1.82, 2.24) is 4.90 Å². The fourth-order valence-electron chi connectivity index (χ4n) is 3.93. The van der Waals surface area contributed by atoms with Crippen molar-refractivity contribution in [2.24, 2.45) is 0 Å². The van der Waals surface area contributed by atoms with Gasteiger partial charge in [0.05, 0.1) is 17.0 Å². The van der Waals surface area contributed by atoms with E-state index in [4.69, 9.17) is 0 Å². The molecule has 2 heterocycles. The van der Waals surface area contributed by atoms with Gasteiger partial charge in [-0.05, 0) is 74.4 Å². The zero-order valence-electron chi connectivity index (χ0n) is 18.0. The molecule has 2 aromatic carbocycles. The zero-order valence-corrected chi connectivity index (χ0v) is 18.8. The molecule has 1 fully saturated rings. The van der Waals surface area contributed by atoms with Gasteiger partial charge in [-0.25, -0.2) is 0 Å². The molecular formula is C25H26N2O2S. The number of rotatable bonds is 3. The lowest BCUT2D eigenvalue weighted by Crippen LogP contribution is -2.42. The second-order valence-corrected chi connectivity index (χ2v) is 9.56. The number of nitrogens with zero attached hydrogens (tertiary/aromatic N) is 2. The third-order valence-corrected chi connectivity index (χ3v) is 6.78. The lowest BCUT2D eigenvalue weighted by atomic mass is 9.88. The number of amides is 2. The third kappa shape index (κ3) is 3.70. The standard InChI is InChI=1S/C25H26N2O2S/c1-16-6-8-18(9-7-16)15-27-23(28)22(30-24(27)29)13-19-10-11-21-20(12-19)17(2)14-25(3,4)26(21)5/h6-14H,15H2,1-5H3/b22-13-. The van der Waals surface area contributed by atoms with Crippen LogP contribution in [0.25, 0.3) is 11.6 Å². The molecule has 0 saturated carbocycles. The van der Waals surface area contributed by atoms with Gasteiger partial charge in [0.25, 0.3) is 11.1 Å². The number of imide groups is 1. The number of anilines is 1. The first-order valence-corrected chi connectivity index (χ1v) is 10.9. The summed E-state index contributed by atoms with van der Waals surface area (Å²) in [5.41, 5.74) is 6.53. The number of hydrogen-bond donors (Lipinski definition) is 0. The van der Waals surface area contributed by atoms with Gasteiger partial charge >= 0.3 is 0 Å². The van der Waals surface area contributed by atoms with Crippen LogP contribution in [0.3, 0.4) is 0 Å². The molecule has 0 bridgehead atoms. The highest BCUT2D eigenvalue weighted by molar-refractivity contribution is 8.18. The van der Waals surface area contributed by atoms with Crippen LogP contribution in [0.1, 0.15) is 43.0 Å². The van der Waals surface area contributed by atoms with Crippen molar-refractivity contribution in [1.29, 1.82) is 0 Å². The minimum Gasteiger partial charge on any atom is -0.366 e. The molecule has 0 aliphatic carbocycles. The zero-order chi connectivity index (χ0) is 21.6. The summed E-state index contributed by atoms with van der Waals surface area (Å²) in [5.74, 6) is -0.228. The maximum Gasteiger partial charge on any atom is 0.293 e. The number of allylic oxidation sites excluding steroid dienone is 1. The summed E-state index contributed by atoms with van der Waals surface area (Å²) >= 11 is 1.01. The number of thioether (sulfide) groups is 1. The molecule has 154 valence electrons. The Hall–Kier alpha value is -2.79. The summed E-state index contributed by atoms with van der Waals surface area (Å²) in [6.45, 7) is 8.82. The number of fused-ring (bicyclic) bond motifs is 1. The average Bonchev–Trinajstić information content (AvgIpc) is 2.95. The van der Waals surface area contributed by atoms with E-state index in [-0.39, 0.29) is 16.7 Å². The Labute approximate surface area is 182 Å². The van der Waals surface area contributed by atoms with E-state index < -0.39 is 0 Å². The highest BCUT2D eigenvalue weighted by Gasteiger charge is 2.35. The summed E-state index contributed by atoms with van der Waals surface area (Å²) in [5, 5.41) is -0.220. The Morgan fingerprint density at radius 2 is 1.73 bits per heavy atom. The van der Waals surface area contributed by atoms with Crippen molar-refractivity contribution in [2.75, 3.05) is 11.9 Å². The first-order chi connectivity index (χ1) is 14.2. The third-order valence-electron chi connectivity index (χ3n) is 5.87. The average molecular weight is 419 g/mol. The molecule has 0 spiro atoms. The Balaban J connectivity index is 1.60. The second-order valence-electron chi connectivity index (χ2n) is 8.57. The number of likely N-dealkylation sites (N-methyl/N-ethyl adjacent to an activating group) is 1. The van der Waals surface area contributed by atoms with E-state index in [0.29, 0.717) is 11.4 Å². The molecule has 2 aliphatic rings. The van der Waals surface area contributed by atoms with Gasteiger partial charge in [0.15, 0.2) is 0 Å².